The molecule has 1 aromatic carbocycles. The van der Waals surface area contributed by atoms with Gasteiger partial charge in [0.2, 0.25) is 0 Å². The number of fused-ring (bicyclic) bond motifs is 1. The Balaban J connectivity index is 2.41. The van der Waals surface area contributed by atoms with Crippen LogP contribution in [0.4, 0.5) is 4.39 Å². The summed E-state index contributed by atoms with van der Waals surface area (Å²) < 4.78 is 18.6. The fourth-order valence-electron chi connectivity index (χ4n) is 1.67. The standard InChI is InChI=1S/C12H12FN3O2/c1-7-4-8(13)5-9-10(2-3-15-12(7)9)18-6-11(17)16-14/h2-5H,6,14H2,1H3,(H,16,17). The van der Waals surface area contributed by atoms with Crippen molar-refractivity contribution in [3.63, 3.8) is 0 Å². The predicted octanol–water partition coefficient (Wildman–Crippen LogP) is 1.05. The van der Waals surface area contributed by atoms with Crippen molar-refractivity contribution < 1.29 is 13.9 Å². The largest absolute Gasteiger partial charge is 0.483 e. The second-order valence-electron chi connectivity index (χ2n) is 3.78. The number of ether oxygens (including phenoxy) is 1. The van der Waals surface area contributed by atoms with Gasteiger partial charge >= 0.3 is 0 Å². The minimum absolute atomic E-state index is 0.231. The highest BCUT2D eigenvalue weighted by Gasteiger charge is 2.09. The second-order valence-corrected chi connectivity index (χ2v) is 3.78. The van der Waals surface area contributed by atoms with E-state index in [9.17, 15) is 9.18 Å². The van der Waals surface area contributed by atoms with E-state index >= 15 is 0 Å². The zero-order valence-electron chi connectivity index (χ0n) is 9.74. The fraction of sp³-hybridized carbons (Fsp3) is 0.167. The van der Waals surface area contributed by atoms with Gasteiger partial charge in [-0.3, -0.25) is 15.2 Å². The molecule has 0 aliphatic rings. The van der Waals surface area contributed by atoms with Gasteiger partial charge in [0.15, 0.2) is 6.61 Å². The van der Waals surface area contributed by atoms with Crippen LogP contribution in [0.25, 0.3) is 10.9 Å². The molecule has 0 aliphatic heterocycles. The number of hydrazine groups is 1. The Morgan fingerprint density at radius 1 is 1.56 bits per heavy atom. The normalized spacial score (nSPS) is 10.4. The van der Waals surface area contributed by atoms with Gasteiger partial charge in [-0.2, -0.15) is 0 Å². The van der Waals surface area contributed by atoms with Crippen molar-refractivity contribution in [3.05, 3.63) is 35.8 Å². The second kappa shape index (κ2) is 4.97. The lowest BCUT2D eigenvalue weighted by Crippen LogP contribution is -2.34. The fourth-order valence-corrected chi connectivity index (χ4v) is 1.67. The maximum atomic E-state index is 13.4. The number of aromatic nitrogens is 1. The first-order chi connectivity index (χ1) is 8.61. The molecule has 3 N–H and O–H groups in total. The average molecular weight is 249 g/mol. The van der Waals surface area contributed by atoms with Crippen molar-refractivity contribution in [1.82, 2.24) is 10.4 Å². The van der Waals surface area contributed by atoms with Gasteiger partial charge in [-0.25, -0.2) is 10.2 Å². The summed E-state index contributed by atoms with van der Waals surface area (Å²) in [6.07, 6.45) is 1.54. The number of aryl methyl sites for hydroxylation is 1. The van der Waals surface area contributed by atoms with Gasteiger partial charge in [0, 0.05) is 11.6 Å². The van der Waals surface area contributed by atoms with Crippen LogP contribution in [-0.4, -0.2) is 17.5 Å². The molecule has 0 radical (unpaired) electrons. The summed E-state index contributed by atoms with van der Waals surface area (Å²) in [6.45, 7) is 1.53. The van der Waals surface area contributed by atoms with Crippen LogP contribution in [0.2, 0.25) is 0 Å². The van der Waals surface area contributed by atoms with Crippen LogP contribution in [0.3, 0.4) is 0 Å². The molecule has 2 aromatic rings. The van der Waals surface area contributed by atoms with Crippen LogP contribution < -0.4 is 16.0 Å². The summed E-state index contributed by atoms with van der Waals surface area (Å²) in [7, 11) is 0. The number of nitrogens with two attached hydrogens (primary N) is 1. The summed E-state index contributed by atoms with van der Waals surface area (Å²) in [6, 6.07) is 4.29. The number of nitrogens with zero attached hydrogens (tertiary/aromatic N) is 1. The number of hydrogen-bond donors (Lipinski definition) is 2. The smallest absolute Gasteiger partial charge is 0.271 e. The van der Waals surface area contributed by atoms with Crippen LogP contribution in [-0.2, 0) is 4.79 Å². The summed E-state index contributed by atoms with van der Waals surface area (Å²) in [4.78, 5) is 15.2. The summed E-state index contributed by atoms with van der Waals surface area (Å²) in [5.74, 6) is 4.50. The summed E-state index contributed by atoms with van der Waals surface area (Å²) in [5.41, 5.74) is 3.30. The monoisotopic (exact) mass is 249 g/mol. The molecule has 0 spiro atoms. The third-order valence-corrected chi connectivity index (χ3v) is 2.48. The molecule has 2 rings (SSSR count). The van der Waals surface area contributed by atoms with Crippen molar-refractivity contribution in [2.75, 3.05) is 6.61 Å². The van der Waals surface area contributed by atoms with Crippen LogP contribution >= 0.6 is 0 Å². The topological polar surface area (TPSA) is 77.2 Å². The first-order valence-electron chi connectivity index (χ1n) is 5.29. The number of benzene rings is 1. The number of carbonyl (C=O) groups excluding carboxylic acids is 1. The van der Waals surface area contributed by atoms with Gasteiger partial charge in [0.05, 0.1) is 5.52 Å². The van der Waals surface area contributed by atoms with E-state index in [1.54, 1.807) is 19.2 Å². The molecule has 94 valence electrons. The Bertz CT molecular complexity index is 601. The lowest BCUT2D eigenvalue weighted by atomic mass is 10.1. The number of carbonyl (C=O) groups is 1. The van der Waals surface area contributed by atoms with E-state index in [2.05, 4.69) is 4.98 Å². The highest BCUT2D eigenvalue weighted by molar-refractivity contribution is 5.87. The molecule has 1 aromatic heterocycles. The van der Waals surface area contributed by atoms with E-state index in [-0.39, 0.29) is 12.4 Å². The highest BCUT2D eigenvalue weighted by Crippen LogP contribution is 2.26. The van der Waals surface area contributed by atoms with Crippen molar-refractivity contribution >= 4 is 16.8 Å². The minimum Gasteiger partial charge on any atom is -0.483 e. The van der Waals surface area contributed by atoms with Gasteiger partial charge in [0.1, 0.15) is 11.6 Å². The Hall–Kier alpha value is -2.21. The summed E-state index contributed by atoms with van der Waals surface area (Å²) in [5, 5.41) is 0.528. The Kier molecular flexibility index (Phi) is 3.38. The zero-order valence-corrected chi connectivity index (χ0v) is 9.74. The number of halogens is 1. The van der Waals surface area contributed by atoms with Crippen LogP contribution in [0, 0.1) is 12.7 Å². The van der Waals surface area contributed by atoms with E-state index in [4.69, 9.17) is 10.6 Å². The maximum absolute atomic E-state index is 13.4. The molecule has 0 atom stereocenters. The highest BCUT2D eigenvalue weighted by atomic mass is 19.1. The number of pyridine rings is 1. The number of rotatable bonds is 3. The van der Waals surface area contributed by atoms with Gasteiger partial charge in [-0.1, -0.05) is 0 Å². The van der Waals surface area contributed by atoms with E-state index in [1.165, 1.54) is 12.1 Å². The molecular weight excluding hydrogens is 237 g/mol. The zero-order chi connectivity index (χ0) is 13.1. The number of nitrogens with one attached hydrogen (secondary N) is 1. The first-order valence-corrected chi connectivity index (χ1v) is 5.29. The van der Waals surface area contributed by atoms with Gasteiger partial charge in [-0.15, -0.1) is 0 Å². The van der Waals surface area contributed by atoms with Gasteiger partial charge in [0.25, 0.3) is 5.91 Å². The molecular formula is C12H12FN3O2. The lowest BCUT2D eigenvalue weighted by Gasteiger charge is -2.09. The Labute approximate surface area is 103 Å². The van der Waals surface area contributed by atoms with E-state index in [1.807, 2.05) is 5.43 Å². The Morgan fingerprint density at radius 3 is 3.06 bits per heavy atom. The molecule has 1 amide bonds. The first kappa shape index (κ1) is 12.3. The molecule has 1 heterocycles. The van der Waals surface area contributed by atoms with E-state index in [0.29, 0.717) is 22.2 Å². The lowest BCUT2D eigenvalue weighted by molar-refractivity contribution is -0.123. The molecule has 6 heteroatoms. The molecule has 0 fully saturated rings. The van der Waals surface area contributed by atoms with E-state index < -0.39 is 5.91 Å². The summed E-state index contributed by atoms with van der Waals surface area (Å²) >= 11 is 0. The van der Waals surface area contributed by atoms with Crippen molar-refractivity contribution in [2.45, 2.75) is 6.92 Å². The molecule has 0 bridgehead atoms. The molecule has 0 saturated carbocycles. The minimum atomic E-state index is -0.465. The SMILES string of the molecule is Cc1cc(F)cc2c(OCC(=O)NN)ccnc12. The van der Waals surface area contributed by atoms with Gasteiger partial charge < -0.3 is 4.74 Å². The van der Waals surface area contributed by atoms with Gasteiger partial charge in [-0.05, 0) is 30.7 Å². The number of amides is 1. The third-order valence-electron chi connectivity index (χ3n) is 2.48. The van der Waals surface area contributed by atoms with Crippen LogP contribution in [0.15, 0.2) is 24.4 Å². The van der Waals surface area contributed by atoms with Crippen LogP contribution in [0.5, 0.6) is 5.75 Å². The molecule has 0 aliphatic carbocycles. The molecule has 18 heavy (non-hydrogen) atoms. The van der Waals surface area contributed by atoms with Crippen molar-refractivity contribution in [1.29, 1.82) is 0 Å². The molecule has 5 nitrogen and oxygen atoms in total. The number of hydrogen-bond acceptors (Lipinski definition) is 4. The Morgan fingerprint density at radius 2 is 2.33 bits per heavy atom. The molecule has 0 saturated heterocycles. The quantitative estimate of drug-likeness (QED) is 0.484. The third kappa shape index (κ3) is 2.38. The average Bonchev–Trinajstić information content (AvgIpc) is 2.36. The maximum Gasteiger partial charge on any atom is 0.271 e. The predicted molar refractivity (Wildman–Crippen MR) is 64.3 cm³/mol. The van der Waals surface area contributed by atoms with Crippen LogP contribution in [0.1, 0.15) is 5.56 Å². The van der Waals surface area contributed by atoms with Crippen molar-refractivity contribution in [2.24, 2.45) is 5.84 Å². The molecule has 0 unspecified atom stereocenters. The van der Waals surface area contributed by atoms with Crippen molar-refractivity contribution in [3.8, 4) is 5.75 Å². The van der Waals surface area contributed by atoms with E-state index in [0.717, 1.165) is 0 Å².